The highest BCUT2D eigenvalue weighted by atomic mass is 16.5. The second-order valence-corrected chi connectivity index (χ2v) is 6.16. The van der Waals surface area contributed by atoms with E-state index in [1.54, 1.807) is 0 Å². The van der Waals surface area contributed by atoms with Crippen LogP contribution < -0.4 is 10.3 Å². The molecule has 2 heterocycles. The van der Waals surface area contributed by atoms with E-state index in [1.165, 1.54) is 0 Å². The van der Waals surface area contributed by atoms with Crippen LogP contribution in [-0.4, -0.2) is 15.6 Å². The van der Waals surface area contributed by atoms with Gasteiger partial charge in [0, 0.05) is 17.7 Å². The largest absolute Gasteiger partial charge is 0.486 e. The highest BCUT2D eigenvalue weighted by Gasteiger charge is 2.32. The lowest BCUT2D eigenvalue weighted by Crippen LogP contribution is -2.24. The van der Waals surface area contributed by atoms with E-state index in [-0.39, 0.29) is 11.2 Å². The highest BCUT2D eigenvalue weighted by Crippen LogP contribution is 2.41. The Bertz CT molecular complexity index is 760. The van der Waals surface area contributed by atoms with E-state index in [0.29, 0.717) is 12.2 Å². The maximum atomic E-state index is 12.2. The van der Waals surface area contributed by atoms with Crippen LogP contribution in [0.1, 0.15) is 37.6 Å². The SMILES string of the molecule is CCc1c(C)nc(-c2cccc3c2OC(C)(C)C3)[nH]c1=O. The first-order valence-corrected chi connectivity index (χ1v) is 7.32. The van der Waals surface area contributed by atoms with Crippen LogP contribution >= 0.6 is 0 Å². The van der Waals surface area contributed by atoms with Gasteiger partial charge in [-0.05, 0) is 38.8 Å². The minimum absolute atomic E-state index is 0.0603. The molecule has 3 rings (SSSR count). The van der Waals surface area contributed by atoms with Crippen molar-refractivity contribution in [2.24, 2.45) is 0 Å². The fourth-order valence-electron chi connectivity index (χ4n) is 2.96. The maximum Gasteiger partial charge on any atom is 0.254 e. The Hall–Kier alpha value is -2.10. The van der Waals surface area contributed by atoms with Crippen molar-refractivity contribution in [2.45, 2.75) is 46.1 Å². The van der Waals surface area contributed by atoms with E-state index in [1.807, 2.05) is 26.0 Å². The zero-order valence-corrected chi connectivity index (χ0v) is 12.9. The Morgan fingerprint density at radius 1 is 1.38 bits per heavy atom. The first kappa shape index (κ1) is 13.9. The zero-order valence-electron chi connectivity index (χ0n) is 12.9. The van der Waals surface area contributed by atoms with Crippen LogP contribution in [0.4, 0.5) is 0 Å². The molecule has 0 fully saturated rings. The number of fused-ring (bicyclic) bond motifs is 1. The van der Waals surface area contributed by atoms with Crippen LogP contribution in [0, 0.1) is 6.92 Å². The van der Waals surface area contributed by atoms with E-state index < -0.39 is 0 Å². The lowest BCUT2D eigenvalue weighted by atomic mass is 10.0. The Balaban J connectivity index is 2.16. The smallest absolute Gasteiger partial charge is 0.254 e. The number of ether oxygens (including phenoxy) is 1. The van der Waals surface area contributed by atoms with Gasteiger partial charge in [-0.2, -0.15) is 0 Å². The number of nitrogens with zero attached hydrogens (tertiary/aromatic N) is 1. The molecule has 4 heteroatoms. The quantitative estimate of drug-likeness (QED) is 0.922. The fraction of sp³-hybridized carbons (Fsp3) is 0.412. The van der Waals surface area contributed by atoms with Gasteiger partial charge in [0.25, 0.3) is 5.56 Å². The summed E-state index contributed by atoms with van der Waals surface area (Å²) in [6.07, 6.45) is 1.55. The lowest BCUT2D eigenvalue weighted by Gasteiger charge is -2.18. The van der Waals surface area contributed by atoms with E-state index >= 15 is 0 Å². The third kappa shape index (κ3) is 2.35. The summed E-state index contributed by atoms with van der Waals surface area (Å²) in [5.41, 5.74) is 3.28. The predicted molar refractivity (Wildman–Crippen MR) is 82.8 cm³/mol. The molecule has 110 valence electrons. The molecule has 0 amide bonds. The number of aromatic amines is 1. The first-order chi connectivity index (χ1) is 9.91. The molecule has 0 aliphatic carbocycles. The number of aryl methyl sites for hydroxylation is 1. The van der Waals surface area contributed by atoms with Gasteiger partial charge in [-0.25, -0.2) is 4.98 Å². The number of benzene rings is 1. The van der Waals surface area contributed by atoms with E-state index in [0.717, 1.165) is 34.6 Å². The van der Waals surface area contributed by atoms with Crippen molar-refractivity contribution in [3.05, 3.63) is 45.4 Å². The predicted octanol–water partition coefficient (Wildman–Crippen LogP) is 3.02. The summed E-state index contributed by atoms with van der Waals surface area (Å²) in [6, 6.07) is 6.00. The molecule has 1 aromatic carbocycles. The average Bonchev–Trinajstić information content (AvgIpc) is 2.71. The second kappa shape index (κ2) is 4.72. The second-order valence-electron chi connectivity index (χ2n) is 6.16. The third-order valence-corrected chi connectivity index (χ3v) is 3.92. The molecular weight excluding hydrogens is 264 g/mol. The Morgan fingerprint density at radius 2 is 2.14 bits per heavy atom. The lowest BCUT2D eigenvalue weighted by molar-refractivity contribution is 0.139. The number of hydrogen-bond donors (Lipinski definition) is 1. The van der Waals surface area contributed by atoms with Gasteiger partial charge < -0.3 is 9.72 Å². The van der Waals surface area contributed by atoms with Gasteiger partial charge in [0.05, 0.1) is 5.56 Å². The number of para-hydroxylation sites is 1. The van der Waals surface area contributed by atoms with Gasteiger partial charge in [-0.15, -0.1) is 0 Å². The summed E-state index contributed by atoms with van der Waals surface area (Å²) in [5, 5.41) is 0. The molecule has 2 aromatic rings. The van der Waals surface area contributed by atoms with Crippen LogP contribution in [0.15, 0.2) is 23.0 Å². The van der Waals surface area contributed by atoms with Crippen LogP contribution in [0.2, 0.25) is 0 Å². The zero-order chi connectivity index (χ0) is 15.2. The van der Waals surface area contributed by atoms with Crippen molar-refractivity contribution in [3.63, 3.8) is 0 Å². The molecule has 1 aliphatic rings. The normalized spacial score (nSPS) is 15.6. The number of nitrogens with one attached hydrogen (secondary N) is 1. The molecule has 0 atom stereocenters. The van der Waals surface area contributed by atoms with Gasteiger partial charge in [-0.1, -0.05) is 19.1 Å². The van der Waals surface area contributed by atoms with Crippen LogP contribution in [0.25, 0.3) is 11.4 Å². The molecule has 4 nitrogen and oxygen atoms in total. The Kier molecular flexibility index (Phi) is 3.12. The molecule has 1 aliphatic heterocycles. The van der Waals surface area contributed by atoms with Crippen molar-refractivity contribution in [2.75, 3.05) is 0 Å². The number of aromatic nitrogens is 2. The van der Waals surface area contributed by atoms with Crippen molar-refractivity contribution >= 4 is 0 Å². The maximum absolute atomic E-state index is 12.2. The summed E-state index contributed by atoms with van der Waals surface area (Å²) >= 11 is 0. The van der Waals surface area contributed by atoms with Crippen molar-refractivity contribution in [1.29, 1.82) is 0 Å². The highest BCUT2D eigenvalue weighted by molar-refractivity contribution is 5.68. The standard InChI is InChI=1S/C17H20N2O2/c1-5-12-10(2)18-15(19-16(12)20)13-8-6-7-11-9-17(3,4)21-14(11)13/h6-8H,5,9H2,1-4H3,(H,18,19,20). The topological polar surface area (TPSA) is 55.0 Å². The van der Waals surface area contributed by atoms with Gasteiger partial charge >= 0.3 is 0 Å². The summed E-state index contributed by atoms with van der Waals surface area (Å²) in [4.78, 5) is 19.6. The molecule has 0 bridgehead atoms. The molecular formula is C17H20N2O2. The fourth-order valence-corrected chi connectivity index (χ4v) is 2.96. The molecule has 0 saturated heterocycles. The molecule has 0 radical (unpaired) electrons. The first-order valence-electron chi connectivity index (χ1n) is 7.32. The van der Waals surface area contributed by atoms with Crippen molar-refractivity contribution in [1.82, 2.24) is 9.97 Å². The summed E-state index contributed by atoms with van der Waals surface area (Å²) in [7, 11) is 0. The van der Waals surface area contributed by atoms with Crippen LogP contribution in [-0.2, 0) is 12.8 Å². The molecule has 0 saturated carbocycles. The van der Waals surface area contributed by atoms with Gasteiger partial charge in [0.15, 0.2) is 0 Å². The number of H-pyrrole nitrogens is 1. The summed E-state index contributed by atoms with van der Waals surface area (Å²) in [5.74, 6) is 1.43. The van der Waals surface area contributed by atoms with Crippen molar-refractivity contribution < 1.29 is 4.74 Å². The molecule has 0 unspecified atom stereocenters. The molecule has 0 spiro atoms. The number of rotatable bonds is 2. The van der Waals surface area contributed by atoms with Crippen LogP contribution in [0.3, 0.4) is 0 Å². The third-order valence-electron chi connectivity index (χ3n) is 3.92. The minimum atomic E-state index is -0.211. The van der Waals surface area contributed by atoms with Gasteiger partial charge in [0.1, 0.15) is 17.2 Å². The Morgan fingerprint density at radius 3 is 2.81 bits per heavy atom. The summed E-state index contributed by atoms with van der Waals surface area (Å²) in [6.45, 7) is 7.98. The molecule has 1 aromatic heterocycles. The van der Waals surface area contributed by atoms with Gasteiger partial charge in [-0.3, -0.25) is 4.79 Å². The van der Waals surface area contributed by atoms with Crippen molar-refractivity contribution in [3.8, 4) is 17.1 Å². The number of hydrogen-bond acceptors (Lipinski definition) is 3. The van der Waals surface area contributed by atoms with E-state index in [2.05, 4.69) is 29.9 Å². The van der Waals surface area contributed by atoms with E-state index in [4.69, 9.17) is 4.74 Å². The molecule has 21 heavy (non-hydrogen) atoms. The van der Waals surface area contributed by atoms with Gasteiger partial charge in [0.2, 0.25) is 0 Å². The minimum Gasteiger partial charge on any atom is -0.486 e. The average molecular weight is 284 g/mol. The van der Waals surface area contributed by atoms with E-state index in [9.17, 15) is 4.79 Å². The van der Waals surface area contributed by atoms with Crippen LogP contribution in [0.5, 0.6) is 5.75 Å². The summed E-state index contributed by atoms with van der Waals surface area (Å²) < 4.78 is 6.05. The Labute approximate surface area is 124 Å². The monoisotopic (exact) mass is 284 g/mol. The molecule has 1 N–H and O–H groups in total.